The van der Waals surface area contributed by atoms with Crippen LogP contribution in [-0.2, 0) is 22.3 Å². The zero-order valence-electron chi connectivity index (χ0n) is 93.5. The first-order valence-corrected chi connectivity index (χ1v) is 54.7. The predicted molar refractivity (Wildman–Crippen MR) is 585 cm³/mol. The zero-order valence-corrected chi connectivity index (χ0v) is 95.9. The van der Waals surface area contributed by atoms with E-state index in [9.17, 15) is 0 Å². The lowest BCUT2D eigenvalue weighted by Gasteiger charge is -2.27. The molecule has 9 nitrogen and oxygen atoms in total. The summed E-state index contributed by atoms with van der Waals surface area (Å²) in [6.45, 7) is 110. The second-order valence-corrected chi connectivity index (χ2v) is 42.2. The standard InChI is InChI=1S/2C10H19N.2C10H18O.2C10H18S.2C7H11NO.2C5H12.C4H9N.C4H8S.10C2H6/c6*1-10(2,3)8-9-6-4-5-7-11-9;1-6(2)3-7-4-9-5-8-7;1-6(2)3-7-4-8-5-9-7;2*1-4-5(2)3;2*1-2-4-5-3-1;10*1-2/h4,6,9,11H,5,7-8H2,1-3H3;4-5,9,11H,6-8H2,1-3H3;4,6,9H,5,7-8H2,1-3H3;4-5,9H,6-8H2,1-3H3;4,6,9H,5,7-8H2,1-3H3;4-5,9H,6-8H2,1-3H3;2*4-6H,3H2,1-2H3;2*5H,4H2,1-3H3;5H,1-4H2;1-4H2;10*1-2H3. The molecular formula is C112H233N5O4S3. The number of thioether (sulfide) groups is 3. The van der Waals surface area contributed by atoms with Crippen LogP contribution in [0, 0.1) is 56.2 Å². The van der Waals surface area contributed by atoms with Crippen molar-refractivity contribution in [3.8, 4) is 0 Å². The van der Waals surface area contributed by atoms with Crippen molar-refractivity contribution in [2.75, 3.05) is 62.4 Å². The molecule has 748 valence electrons. The molecule has 10 heterocycles. The number of oxazole rings is 2. The van der Waals surface area contributed by atoms with Crippen molar-refractivity contribution in [2.24, 2.45) is 56.2 Å². The Hall–Kier alpha value is -2.29. The molecule has 0 amide bonds. The maximum absolute atomic E-state index is 5.57. The second kappa shape index (κ2) is 106. The molecule has 8 aliphatic rings. The van der Waals surface area contributed by atoms with Gasteiger partial charge in [0.25, 0.3) is 0 Å². The molecule has 2 aromatic heterocycles. The van der Waals surface area contributed by atoms with E-state index in [0.717, 1.165) is 98.6 Å². The predicted octanol–water partition coefficient (Wildman–Crippen LogP) is 37.2. The first-order valence-electron chi connectivity index (χ1n) is 51.5. The molecule has 2 aromatic rings. The average molecular weight is 1810 g/mol. The van der Waals surface area contributed by atoms with E-state index in [2.05, 4.69) is 328 Å². The highest BCUT2D eigenvalue weighted by Crippen LogP contribution is 2.33. The molecule has 2 fully saturated rings. The minimum Gasteiger partial charge on any atom is -0.451 e. The number of rotatable bonds is 12. The summed E-state index contributed by atoms with van der Waals surface area (Å²) in [4.78, 5) is 7.80. The SMILES string of the molecule is C1CCNC1.C1CCSC1.CC.CC.CC.CC.CC.CC.CC.CC.CC.CC.CC(C)(C)CC1C=CCCN1.CC(C)(C)CC1C=CCCO1.CC(C)(C)CC1C=CCCS1.CC(C)(C)CC1CC=CCN1.CC(C)(C)CC1CC=CCO1.CC(C)(C)CC1CC=CCS1.CC(C)Cc1cnco1.CC(C)Cc1cocn1.CCC(C)C.CCC(C)C. The number of ether oxygens (including phenoxy) is 2. The lowest BCUT2D eigenvalue weighted by molar-refractivity contribution is 0.0379. The number of hydrogen-bond donors (Lipinski definition) is 3. The maximum Gasteiger partial charge on any atom is 0.180 e. The Labute approximate surface area is 797 Å². The Bertz CT molecular complexity index is 2140. The fraction of sp³-hybridized carbons (Fsp3) is 0.839. The molecule has 0 aromatic carbocycles. The molecule has 3 N–H and O–H groups in total. The van der Waals surface area contributed by atoms with Gasteiger partial charge in [0.1, 0.15) is 12.0 Å². The largest absolute Gasteiger partial charge is 0.451 e. The molecule has 12 heteroatoms. The molecule has 0 bridgehead atoms. The van der Waals surface area contributed by atoms with Crippen molar-refractivity contribution in [1.82, 2.24) is 25.9 Å². The van der Waals surface area contributed by atoms with Gasteiger partial charge in [-0.1, -0.05) is 418 Å². The van der Waals surface area contributed by atoms with Gasteiger partial charge in [-0.2, -0.15) is 35.3 Å². The number of aromatic nitrogens is 2. The first-order chi connectivity index (χ1) is 58.6. The van der Waals surface area contributed by atoms with E-state index in [1.807, 2.05) is 138 Å². The second-order valence-electron chi connectivity index (χ2n) is 38.3. The summed E-state index contributed by atoms with van der Waals surface area (Å²) >= 11 is 6.28. The molecule has 0 aliphatic carbocycles. The number of hydrogen-bond acceptors (Lipinski definition) is 12. The normalized spacial score (nSPS) is 18.3. The van der Waals surface area contributed by atoms with Crippen molar-refractivity contribution in [2.45, 2.75) is 496 Å². The van der Waals surface area contributed by atoms with E-state index in [1.165, 1.54) is 139 Å². The Morgan fingerprint density at radius 2 is 0.895 bits per heavy atom. The molecule has 8 aliphatic heterocycles. The van der Waals surface area contributed by atoms with Gasteiger partial charge >= 0.3 is 0 Å². The summed E-state index contributed by atoms with van der Waals surface area (Å²) in [7, 11) is 0. The maximum atomic E-state index is 5.57. The van der Waals surface area contributed by atoms with Gasteiger partial charge in [-0.05, 0) is 202 Å². The summed E-state index contributed by atoms with van der Waals surface area (Å²) in [5.41, 5.74) is 3.72. The topological polar surface area (TPSA) is 107 Å². The van der Waals surface area contributed by atoms with Crippen LogP contribution < -0.4 is 16.0 Å². The molecule has 0 spiro atoms. The van der Waals surface area contributed by atoms with Crippen LogP contribution in [0.2, 0.25) is 0 Å². The lowest BCUT2D eigenvalue weighted by atomic mass is 9.86. The van der Waals surface area contributed by atoms with Gasteiger partial charge in [-0.15, -0.1) is 0 Å². The molecular weight excluding hydrogens is 1580 g/mol. The monoisotopic (exact) mass is 1810 g/mol. The van der Waals surface area contributed by atoms with Crippen LogP contribution in [0.5, 0.6) is 0 Å². The van der Waals surface area contributed by atoms with Crippen molar-refractivity contribution in [1.29, 1.82) is 0 Å². The number of nitrogens with one attached hydrogen (secondary N) is 3. The third kappa shape index (κ3) is 135. The quantitative estimate of drug-likeness (QED) is 0.176. The first kappa shape index (κ1) is 147. The highest BCUT2D eigenvalue weighted by Gasteiger charge is 2.23. The van der Waals surface area contributed by atoms with E-state index >= 15 is 0 Å². The molecule has 0 saturated carbocycles. The van der Waals surface area contributed by atoms with Gasteiger partial charge in [0.2, 0.25) is 0 Å². The lowest BCUT2D eigenvalue weighted by Crippen LogP contribution is -2.34. The molecule has 124 heavy (non-hydrogen) atoms. The summed E-state index contributed by atoms with van der Waals surface area (Å²) < 4.78 is 21.0. The van der Waals surface area contributed by atoms with E-state index in [0.29, 0.717) is 68.6 Å². The molecule has 10 rings (SSSR count). The molecule has 2 saturated heterocycles. The summed E-state index contributed by atoms with van der Waals surface area (Å²) in [6, 6.07) is 1.32. The van der Waals surface area contributed by atoms with Crippen LogP contribution in [0.25, 0.3) is 0 Å². The highest BCUT2D eigenvalue weighted by molar-refractivity contribution is 8.00. The van der Waals surface area contributed by atoms with Gasteiger partial charge in [0, 0.05) is 41.3 Å². The van der Waals surface area contributed by atoms with Crippen LogP contribution in [0.1, 0.15) is 459 Å². The van der Waals surface area contributed by atoms with Crippen LogP contribution >= 0.6 is 35.3 Å². The van der Waals surface area contributed by atoms with Gasteiger partial charge in [0.15, 0.2) is 12.8 Å². The molecule has 0 radical (unpaired) electrons. The summed E-state index contributed by atoms with van der Waals surface area (Å²) in [6.07, 6.45) is 59.2. The minimum atomic E-state index is 0.365. The van der Waals surface area contributed by atoms with Crippen molar-refractivity contribution in [3.05, 3.63) is 110 Å². The van der Waals surface area contributed by atoms with Crippen molar-refractivity contribution in [3.63, 3.8) is 0 Å². The minimum absolute atomic E-state index is 0.365. The smallest absolute Gasteiger partial charge is 0.180 e. The van der Waals surface area contributed by atoms with Crippen LogP contribution in [-0.4, -0.2) is 107 Å². The Morgan fingerprint density at radius 3 is 1.22 bits per heavy atom. The third-order valence-electron chi connectivity index (χ3n) is 16.7. The van der Waals surface area contributed by atoms with E-state index in [4.69, 9.17) is 18.3 Å². The van der Waals surface area contributed by atoms with Crippen molar-refractivity contribution >= 4 is 35.3 Å². The Kier molecular flexibility index (Phi) is 126. The zero-order chi connectivity index (χ0) is 98.9. The molecule has 6 unspecified atom stereocenters. The van der Waals surface area contributed by atoms with E-state index in [1.54, 1.807) is 12.5 Å². The molecule has 6 atom stereocenters. The highest BCUT2D eigenvalue weighted by atomic mass is 32.2. The van der Waals surface area contributed by atoms with Crippen molar-refractivity contribution < 1.29 is 18.3 Å². The number of allylic oxidation sites excluding steroid dienone is 2. The van der Waals surface area contributed by atoms with Crippen LogP contribution in [0.15, 0.2) is 107 Å². The fourth-order valence-corrected chi connectivity index (χ4v) is 14.9. The van der Waals surface area contributed by atoms with E-state index < -0.39 is 0 Å². The van der Waals surface area contributed by atoms with Gasteiger partial charge in [-0.3, -0.25) is 0 Å². The van der Waals surface area contributed by atoms with Crippen LogP contribution in [0.4, 0.5) is 0 Å². The van der Waals surface area contributed by atoms with Gasteiger partial charge < -0.3 is 34.3 Å². The summed E-state index contributed by atoms with van der Waals surface area (Å²) in [5, 5.41) is 11.9. The fourth-order valence-electron chi connectivity index (χ4n) is 11.1. The average Bonchev–Trinajstić information content (AvgIpc) is 1.49. The summed E-state index contributed by atoms with van der Waals surface area (Å²) in [5.74, 6) is 9.43. The Morgan fingerprint density at radius 1 is 0.419 bits per heavy atom. The number of nitrogens with zero attached hydrogens (tertiary/aromatic N) is 2. The van der Waals surface area contributed by atoms with Gasteiger partial charge in [0.05, 0.1) is 37.3 Å². The van der Waals surface area contributed by atoms with Gasteiger partial charge in [-0.25, -0.2) is 9.97 Å². The Balaban J connectivity index is -0.000000109. The van der Waals surface area contributed by atoms with Crippen LogP contribution in [0.3, 0.4) is 0 Å². The van der Waals surface area contributed by atoms with E-state index in [-0.39, 0.29) is 0 Å². The third-order valence-corrected chi connectivity index (χ3v) is 20.3.